The Morgan fingerprint density at radius 3 is 2.73 bits per heavy atom. The van der Waals surface area contributed by atoms with Crippen molar-refractivity contribution in [3.05, 3.63) is 40.1 Å². The van der Waals surface area contributed by atoms with E-state index >= 15 is 0 Å². The standard InChI is InChI=1S/C10H5Cl2N3/c11-6-1-2-8(9(12)3-6)10-14-5-7(4-13)15-10/h1-3,5H,(H,14,15). The number of imidazole rings is 1. The van der Waals surface area contributed by atoms with Gasteiger partial charge in [-0.25, -0.2) is 4.98 Å². The third kappa shape index (κ3) is 1.96. The zero-order chi connectivity index (χ0) is 10.8. The molecule has 0 aliphatic carbocycles. The first-order valence-electron chi connectivity index (χ1n) is 4.11. The Morgan fingerprint density at radius 2 is 2.13 bits per heavy atom. The number of nitriles is 1. The molecular formula is C10H5Cl2N3. The lowest BCUT2D eigenvalue weighted by molar-refractivity contribution is 1.29. The predicted octanol–water partition coefficient (Wildman–Crippen LogP) is 3.26. The second-order valence-corrected chi connectivity index (χ2v) is 3.73. The van der Waals surface area contributed by atoms with Crippen LogP contribution in [0, 0.1) is 11.3 Å². The summed E-state index contributed by atoms with van der Waals surface area (Å²) in [7, 11) is 0. The van der Waals surface area contributed by atoms with Crippen molar-refractivity contribution in [3.63, 3.8) is 0 Å². The molecule has 0 amide bonds. The third-order valence-electron chi connectivity index (χ3n) is 1.88. The van der Waals surface area contributed by atoms with Gasteiger partial charge in [-0.2, -0.15) is 5.26 Å². The van der Waals surface area contributed by atoms with Crippen LogP contribution in [0.5, 0.6) is 0 Å². The number of nitrogens with one attached hydrogen (secondary N) is 1. The topological polar surface area (TPSA) is 52.5 Å². The van der Waals surface area contributed by atoms with Crippen LogP contribution in [-0.2, 0) is 0 Å². The Balaban J connectivity index is 2.50. The fraction of sp³-hybridized carbons (Fsp3) is 0. The number of halogens is 2. The quantitative estimate of drug-likeness (QED) is 0.828. The molecule has 0 spiro atoms. The van der Waals surface area contributed by atoms with Crippen molar-refractivity contribution >= 4 is 23.2 Å². The normalized spacial score (nSPS) is 9.93. The van der Waals surface area contributed by atoms with Crippen molar-refractivity contribution in [3.8, 4) is 17.5 Å². The summed E-state index contributed by atoms with van der Waals surface area (Å²) >= 11 is 11.8. The largest absolute Gasteiger partial charge is 0.330 e. The maximum absolute atomic E-state index is 8.64. The van der Waals surface area contributed by atoms with Gasteiger partial charge in [-0.3, -0.25) is 0 Å². The maximum atomic E-state index is 8.64. The van der Waals surface area contributed by atoms with E-state index in [0.717, 1.165) is 5.56 Å². The van der Waals surface area contributed by atoms with Gasteiger partial charge in [0.15, 0.2) is 0 Å². The molecule has 2 aromatic rings. The van der Waals surface area contributed by atoms with Crippen LogP contribution < -0.4 is 0 Å². The summed E-state index contributed by atoms with van der Waals surface area (Å²) in [6, 6.07) is 7.07. The molecule has 0 aliphatic heterocycles. The lowest BCUT2D eigenvalue weighted by atomic mass is 10.2. The molecule has 2 rings (SSSR count). The Morgan fingerprint density at radius 1 is 1.33 bits per heavy atom. The minimum absolute atomic E-state index is 0.399. The maximum Gasteiger partial charge on any atom is 0.139 e. The van der Waals surface area contributed by atoms with Gasteiger partial charge in [0.2, 0.25) is 0 Å². The highest BCUT2D eigenvalue weighted by Crippen LogP contribution is 2.28. The molecule has 0 radical (unpaired) electrons. The van der Waals surface area contributed by atoms with Crippen LogP contribution in [0.15, 0.2) is 24.4 Å². The molecule has 0 bridgehead atoms. The summed E-state index contributed by atoms with van der Waals surface area (Å²) in [6.07, 6.45) is 1.46. The van der Waals surface area contributed by atoms with Crippen molar-refractivity contribution < 1.29 is 0 Å². The van der Waals surface area contributed by atoms with Gasteiger partial charge in [0.05, 0.1) is 11.2 Å². The minimum atomic E-state index is 0.399. The molecule has 0 atom stereocenters. The number of hydrogen-bond acceptors (Lipinski definition) is 2. The van der Waals surface area contributed by atoms with Crippen LogP contribution in [0.25, 0.3) is 11.4 Å². The van der Waals surface area contributed by atoms with Crippen molar-refractivity contribution in [2.45, 2.75) is 0 Å². The van der Waals surface area contributed by atoms with Gasteiger partial charge in [0, 0.05) is 10.6 Å². The van der Waals surface area contributed by atoms with Crippen molar-refractivity contribution in [2.24, 2.45) is 0 Å². The van der Waals surface area contributed by atoms with E-state index in [0.29, 0.717) is 21.6 Å². The minimum Gasteiger partial charge on any atom is -0.330 e. The smallest absolute Gasteiger partial charge is 0.139 e. The van der Waals surface area contributed by atoms with Gasteiger partial charge >= 0.3 is 0 Å². The molecule has 1 N–H and O–H groups in total. The van der Waals surface area contributed by atoms with Gasteiger partial charge < -0.3 is 4.98 Å². The molecule has 3 nitrogen and oxygen atoms in total. The Labute approximate surface area is 96.3 Å². The van der Waals surface area contributed by atoms with Gasteiger partial charge in [-0.05, 0) is 18.2 Å². The van der Waals surface area contributed by atoms with Gasteiger partial charge in [0.1, 0.15) is 17.6 Å². The van der Waals surface area contributed by atoms with Crippen LogP contribution in [0.4, 0.5) is 0 Å². The number of hydrogen-bond donors (Lipinski definition) is 1. The number of rotatable bonds is 1. The summed E-state index contributed by atoms with van der Waals surface area (Å²) < 4.78 is 0. The van der Waals surface area contributed by atoms with E-state index in [4.69, 9.17) is 28.5 Å². The molecule has 0 fully saturated rings. The van der Waals surface area contributed by atoms with Crippen LogP contribution in [0.1, 0.15) is 5.69 Å². The summed E-state index contributed by atoms with van der Waals surface area (Å²) in [5.74, 6) is 0.563. The van der Waals surface area contributed by atoms with Crippen LogP contribution in [0.2, 0.25) is 10.0 Å². The Hall–Kier alpha value is -1.50. The van der Waals surface area contributed by atoms with Gasteiger partial charge in [-0.1, -0.05) is 23.2 Å². The zero-order valence-electron chi connectivity index (χ0n) is 7.46. The predicted molar refractivity (Wildman–Crippen MR) is 58.8 cm³/mol. The number of aromatic amines is 1. The summed E-state index contributed by atoms with van der Waals surface area (Å²) in [5.41, 5.74) is 1.12. The van der Waals surface area contributed by atoms with Crippen molar-refractivity contribution in [1.29, 1.82) is 5.26 Å². The van der Waals surface area contributed by atoms with Crippen LogP contribution in [0.3, 0.4) is 0 Å². The van der Waals surface area contributed by atoms with Crippen LogP contribution >= 0.6 is 23.2 Å². The lowest BCUT2D eigenvalue weighted by Gasteiger charge is -2.00. The van der Waals surface area contributed by atoms with Crippen molar-refractivity contribution in [1.82, 2.24) is 9.97 Å². The summed E-state index contributed by atoms with van der Waals surface area (Å²) in [6.45, 7) is 0. The number of H-pyrrole nitrogens is 1. The highest BCUT2D eigenvalue weighted by Gasteiger charge is 2.07. The van der Waals surface area contributed by atoms with E-state index in [1.807, 2.05) is 6.07 Å². The molecule has 5 heteroatoms. The molecule has 1 heterocycles. The number of nitrogens with zero attached hydrogens (tertiary/aromatic N) is 2. The highest BCUT2D eigenvalue weighted by molar-refractivity contribution is 6.36. The van der Waals surface area contributed by atoms with E-state index in [2.05, 4.69) is 9.97 Å². The molecule has 0 saturated heterocycles. The van der Waals surface area contributed by atoms with Gasteiger partial charge in [0.25, 0.3) is 0 Å². The van der Waals surface area contributed by atoms with Gasteiger partial charge in [-0.15, -0.1) is 0 Å². The fourth-order valence-corrected chi connectivity index (χ4v) is 1.69. The zero-order valence-corrected chi connectivity index (χ0v) is 8.97. The third-order valence-corrected chi connectivity index (χ3v) is 2.43. The summed E-state index contributed by atoms with van der Waals surface area (Å²) in [4.78, 5) is 6.88. The molecule has 15 heavy (non-hydrogen) atoms. The monoisotopic (exact) mass is 237 g/mol. The first-order valence-corrected chi connectivity index (χ1v) is 4.87. The summed E-state index contributed by atoms with van der Waals surface area (Å²) in [5, 5.41) is 9.70. The molecule has 1 aromatic carbocycles. The van der Waals surface area contributed by atoms with E-state index in [1.54, 1.807) is 18.2 Å². The van der Waals surface area contributed by atoms with E-state index in [1.165, 1.54) is 6.20 Å². The lowest BCUT2D eigenvalue weighted by Crippen LogP contribution is -1.82. The fourth-order valence-electron chi connectivity index (χ4n) is 1.20. The van der Waals surface area contributed by atoms with Crippen molar-refractivity contribution in [2.75, 3.05) is 0 Å². The average molecular weight is 238 g/mol. The first-order chi connectivity index (χ1) is 7.20. The van der Waals surface area contributed by atoms with E-state index in [9.17, 15) is 0 Å². The van der Waals surface area contributed by atoms with E-state index in [-0.39, 0.29) is 0 Å². The Kier molecular flexibility index (Phi) is 2.63. The average Bonchev–Trinajstić information content (AvgIpc) is 2.66. The molecule has 0 unspecified atom stereocenters. The van der Waals surface area contributed by atoms with E-state index < -0.39 is 0 Å². The second kappa shape index (κ2) is 3.93. The second-order valence-electron chi connectivity index (χ2n) is 2.88. The van der Waals surface area contributed by atoms with Crippen LogP contribution in [-0.4, -0.2) is 9.97 Å². The number of benzene rings is 1. The number of aromatic nitrogens is 2. The SMILES string of the molecule is N#Cc1cnc(-c2ccc(Cl)cc2Cl)[nH]1. The Bertz CT molecular complexity index is 540. The molecule has 1 aromatic heterocycles. The first kappa shape index (κ1) is 10.0. The highest BCUT2D eigenvalue weighted by atomic mass is 35.5. The molecular weight excluding hydrogens is 233 g/mol. The molecule has 0 saturated carbocycles. The molecule has 0 aliphatic rings. The molecule has 74 valence electrons.